The molecule has 0 spiro atoms. The van der Waals surface area contributed by atoms with Gasteiger partial charge in [0.15, 0.2) is 0 Å². The van der Waals surface area contributed by atoms with Crippen molar-refractivity contribution in [2.75, 3.05) is 13.2 Å². The van der Waals surface area contributed by atoms with Crippen LogP contribution in [0.1, 0.15) is 32.4 Å². The Bertz CT molecular complexity index is 589. The summed E-state index contributed by atoms with van der Waals surface area (Å²) in [5.74, 6) is 0.995. The molecule has 0 bridgehead atoms. The van der Waals surface area contributed by atoms with Gasteiger partial charge in [-0.25, -0.2) is 0 Å². The van der Waals surface area contributed by atoms with E-state index in [0.29, 0.717) is 6.61 Å². The van der Waals surface area contributed by atoms with E-state index >= 15 is 0 Å². The molecule has 2 aromatic carbocycles. The Hall–Kier alpha value is -1.80. The minimum atomic E-state index is 0.283. The lowest BCUT2D eigenvalue weighted by Gasteiger charge is -2.19. The largest absolute Gasteiger partial charge is 0.489 e. The van der Waals surface area contributed by atoms with Crippen molar-refractivity contribution in [3.8, 4) is 5.75 Å². The zero-order valence-electron chi connectivity index (χ0n) is 12.5. The van der Waals surface area contributed by atoms with Crippen molar-refractivity contribution in [3.05, 3.63) is 54.1 Å². The summed E-state index contributed by atoms with van der Waals surface area (Å²) in [5.41, 5.74) is 1.22. The van der Waals surface area contributed by atoms with Gasteiger partial charge in [0, 0.05) is 17.0 Å². The van der Waals surface area contributed by atoms with Gasteiger partial charge in [-0.2, -0.15) is 0 Å². The molecule has 0 saturated heterocycles. The lowest BCUT2D eigenvalue weighted by atomic mass is 10.0. The fraction of sp³-hybridized carbons (Fsp3) is 0.333. The van der Waals surface area contributed by atoms with Crippen LogP contribution in [0, 0.1) is 0 Å². The van der Waals surface area contributed by atoms with Crippen LogP contribution in [0.3, 0.4) is 0 Å². The molecule has 1 N–H and O–H groups in total. The molecule has 0 aliphatic carbocycles. The molecule has 0 aromatic heterocycles. The molecule has 0 aliphatic heterocycles. The number of fused-ring (bicyclic) bond motifs is 1. The van der Waals surface area contributed by atoms with Crippen LogP contribution in [0.2, 0.25) is 0 Å². The molecule has 0 saturated carbocycles. The molecular weight excluding hydrogens is 246 g/mol. The van der Waals surface area contributed by atoms with Crippen molar-refractivity contribution < 1.29 is 4.74 Å². The lowest BCUT2D eigenvalue weighted by Crippen LogP contribution is -2.18. The second-order valence-electron chi connectivity index (χ2n) is 4.86. The summed E-state index contributed by atoms with van der Waals surface area (Å²) in [5, 5.41) is 5.86. The van der Waals surface area contributed by atoms with E-state index in [4.69, 9.17) is 4.74 Å². The van der Waals surface area contributed by atoms with Gasteiger partial charge in [0.1, 0.15) is 12.4 Å². The number of hydrogen-bond acceptors (Lipinski definition) is 2. The molecule has 0 fully saturated rings. The SMILES string of the molecule is C/C=C/COc1c(C(C)NCC)ccc2ccccc12. The number of allylic oxidation sites excluding steroid dienone is 1. The zero-order chi connectivity index (χ0) is 14.4. The van der Waals surface area contributed by atoms with Crippen molar-refractivity contribution in [1.29, 1.82) is 0 Å². The summed E-state index contributed by atoms with van der Waals surface area (Å²) in [6.07, 6.45) is 4.04. The molecule has 2 aromatic rings. The Morgan fingerprint density at radius 1 is 1.20 bits per heavy atom. The molecule has 0 radical (unpaired) electrons. The minimum absolute atomic E-state index is 0.283. The van der Waals surface area contributed by atoms with E-state index in [2.05, 4.69) is 55.6 Å². The predicted molar refractivity (Wildman–Crippen MR) is 86.3 cm³/mol. The van der Waals surface area contributed by atoms with E-state index in [1.165, 1.54) is 16.3 Å². The number of rotatable bonds is 6. The summed E-state index contributed by atoms with van der Waals surface area (Å²) in [4.78, 5) is 0. The van der Waals surface area contributed by atoms with Crippen LogP contribution in [0.25, 0.3) is 10.8 Å². The van der Waals surface area contributed by atoms with Crippen LogP contribution in [-0.2, 0) is 0 Å². The fourth-order valence-corrected chi connectivity index (χ4v) is 2.41. The second-order valence-corrected chi connectivity index (χ2v) is 4.86. The number of benzene rings is 2. The lowest BCUT2D eigenvalue weighted by molar-refractivity contribution is 0.358. The second kappa shape index (κ2) is 7.11. The van der Waals surface area contributed by atoms with Crippen molar-refractivity contribution >= 4 is 10.8 Å². The van der Waals surface area contributed by atoms with Gasteiger partial charge in [-0.05, 0) is 25.8 Å². The average molecular weight is 269 g/mol. The summed E-state index contributed by atoms with van der Waals surface area (Å²) < 4.78 is 6.03. The van der Waals surface area contributed by atoms with E-state index in [0.717, 1.165) is 12.3 Å². The summed E-state index contributed by atoms with van der Waals surface area (Å²) in [7, 11) is 0. The molecule has 0 amide bonds. The first kappa shape index (κ1) is 14.6. The molecule has 1 unspecified atom stereocenters. The van der Waals surface area contributed by atoms with E-state index in [1.54, 1.807) is 0 Å². The van der Waals surface area contributed by atoms with E-state index < -0.39 is 0 Å². The van der Waals surface area contributed by atoms with Crippen LogP contribution >= 0.6 is 0 Å². The topological polar surface area (TPSA) is 21.3 Å². The van der Waals surface area contributed by atoms with Crippen LogP contribution < -0.4 is 10.1 Å². The van der Waals surface area contributed by atoms with Crippen molar-refractivity contribution in [2.45, 2.75) is 26.8 Å². The minimum Gasteiger partial charge on any atom is -0.489 e. The van der Waals surface area contributed by atoms with E-state index in [1.807, 2.05) is 19.1 Å². The Morgan fingerprint density at radius 3 is 2.75 bits per heavy atom. The van der Waals surface area contributed by atoms with Crippen LogP contribution in [0.5, 0.6) is 5.75 Å². The molecule has 106 valence electrons. The first-order valence-electron chi connectivity index (χ1n) is 7.27. The van der Waals surface area contributed by atoms with Crippen LogP contribution in [-0.4, -0.2) is 13.2 Å². The van der Waals surface area contributed by atoms with E-state index in [-0.39, 0.29) is 6.04 Å². The Morgan fingerprint density at radius 2 is 2.00 bits per heavy atom. The predicted octanol–water partition coefficient (Wildman–Crippen LogP) is 4.47. The maximum atomic E-state index is 6.03. The zero-order valence-corrected chi connectivity index (χ0v) is 12.5. The molecule has 1 atom stereocenters. The maximum absolute atomic E-state index is 6.03. The van der Waals surface area contributed by atoms with Gasteiger partial charge >= 0.3 is 0 Å². The van der Waals surface area contributed by atoms with Gasteiger partial charge in [-0.1, -0.05) is 55.5 Å². The summed E-state index contributed by atoms with van der Waals surface area (Å²) in [6, 6.07) is 13.0. The molecule has 2 nitrogen and oxygen atoms in total. The fourth-order valence-electron chi connectivity index (χ4n) is 2.41. The van der Waals surface area contributed by atoms with Crippen LogP contribution in [0.4, 0.5) is 0 Å². The average Bonchev–Trinajstić information content (AvgIpc) is 2.47. The number of hydrogen-bond donors (Lipinski definition) is 1. The van der Waals surface area contributed by atoms with Gasteiger partial charge in [0.2, 0.25) is 0 Å². The van der Waals surface area contributed by atoms with Gasteiger partial charge in [-0.15, -0.1) is 0 Å². The van der Waals surface area contributed by atoms with Crippen molar-refractivity contribution in [3.63, 3.8) is 0 Å². The smallest absolute Gasteiger partial charge is 0.132 e. The molecule has 0 aliphatic rings. The summed E-state index contributed by atoms with van der Waals surface area (Å²) in [6.45, 7) is 7.86. The third kappa shape index (κ3) is 3.20. The number of ether oxygens (including phenoxy) is 1. The third-order valence-corrected chi connectivity index (χ3v) is 3.45. The Kier molecular flexibility index (Phi) is 5.19. The standard InChI is InChI=1S/C18H23NO/c1-4-6-13-20-18-16(14(3)19-5-2)12-11-15-9-7-8-10-17(15)18/h4,6-12,14,19H,5,13H2,1-3H3/b6-4+. The van der Waals surface area contributed by atoms with Gasteiger partial charge in [0.25, 0.3) is 0 Å². The van der Waals surface area contributed by atoms with Crippen molar-refractivity contribution in [2.24, 2.45) is 0 Å². The number of nitrogens with one attached hydrogen (secondary N) is 1. The molecule has 0 heterocycles. The Labute approximate surface area is 121 Å². The maximum Gasteiger partial charge on any atom is 0.132 e. The highest BCUT2D eigenvalue weighted by atomic mass is 16.5. The Balaban J connectivity index is 2.46. The van der Waals surface area contributed by atoms with Crippen LogP contribution in [0.15, 0.2) is 48.6 Å². The first-order chi connectivity index (χ1) is 9.77. The molecule has 2 heteroatoms. The summed E-state index contributed by atoms with van der Waals surface area (Å²) >= 11 is 0. The van der Waals surface area contributed by atoms with E-state index in [9.17, 15) is 0 Å². The molecular formula is C18H23NO. The first-order valence-corrected chi connectivity index (χ1v) is 7.27. The normalized spacial score (nSPS) is 12.9. The molecule has 20 heavy (non-hydrogen) atoms. The van der Waals surface area contributed by atoms with Gasteiger partial charge in [0.05, 0.1) is 0 Å². The highest BCUT2D eigenvalue weighted by molar-refractivity contribution is 5.89. The highest BCUT2D eigenvalue weighted by Crippen LogP contribution is 2.33. The quantitative estimate of drug-likeness (QED) is 0.781. The van der Waals surface area contributed by atoms with Gasteiger partial charge < -0.3 is 10.1 Å². The monoisotopic (exact) mass is 269 g/mol. The molecule has 2 rings (SSSR count). The third-order valence-electron chi connectivity index (χ3n) is 3.45. The highest BCUT2D eigenvalue weighted by Gasteiger charge is 2.13. The van der Waals surface area contributed by atoms with Gasteiger partial charge in [-0.3, -0.25) is 0 Å². The van der Waals surface area contributed by atoms with Crippen molar-refractivity contribution in [1.82, 2.24) is 5.32 Å².